The summed E-state index contributed by atoms with van der Waals surface area (Å²) in [4.78, 5) is 26.0. The van der Waals surface area contributed by atoms with Crippen LogP contribution in [0.4, 0.5) is 14.9 Å². The van der Waals surface area contributed by atoms with E-state index in [4.69, 9.17) is 4.74 Å². The number of carbonyl (C=O) groups is 2. The van der Waals surface area contributed by atoms with Gasteiger partial charge in [0, 0.05) is 12.2 Å². The maximum atomic E-state index is 14.5. The molecule has 2 aromatic rings. The summed E-state index contributed by atoms with van der Waals surface area (Å²) < 4.78 is 20.0. The molecule has 6 nitrogen and oxygen atoms in total. The standard InChI is InChI=1S/C23H27FN2O4/c1-5-30-16-7-8-17-14(12-16)10-11-26(22(28)29)20(17)21(27)25-15-6-9-18(19(24)13-15)23(2,3)4/h6-9,12-13,20H,5,10-11H2,1-4H3,(H,25,27)(H,28,29). The monoisotopic (exact) mass is 414 g/mol. The molecule has 0 aliphatic carbocycles. The van der Waals surface area contributed by atoms with Gasteiger partial charge in [-0.05, 0) is 59.7 Å². The second kappa shape index (κ2) is 8.34. The number of hydrogen-bond acceptors (Lipinski definition) is 3. The molecule has 7 heteroatoms. The van der Waals surface area contributed by atoms with Crippen LogP contribution in [0.2, 0.25) is 0 Å². The average molecular weight is 414 g/mol. The number of ether oxygens (including phenoxy) is 1. The molecule has 0 radical (unpaired) electrons. The fourth-order valence-corrected chi connectivity index (χ4v) is 3.76. The average Bonchev–Trinajstić information content (AvgIpc) is 2.66. The van der Waals surface area contributed by atoms with E-state index >= 15 is 0 Å². The number of rotatable bonds is 4. The van der Waals surface area contributed by atoms with Crippen LogP contribution in [0.3, 0.4) is 0 Å². The van der Waals surface area contributed by atoms with Crippen molar-refractivity contribution in [3.05, 3.63) is 58.9 Å². The van der Waals surface area contributed by atoms with Gasteiger partial charge in [0.05, 0.1) is 6.61 Å². The minimum absolute atomic E-state index is 0.188. The van der Waals surface area contributed by atoms with Crippen molar-refractivity contribution in [1.82, 2.24) is 4.90 Å². The van der Waals surface area contributed by atoms with E-state index in [-0.39, 0.29) is 17.6 Å². The molecule has 0 fully saturated rings. The van der Waals surface area contributed by atoms with E-state index in [0.29, 0.717) is 29.9 Å². The Labute approximate surface area is 175 Å². The summed E-state index contributed by atoms with van der Waals surface area (Å²) in [7, 11) is 0. The first-order valence-corrected chi connectivity index (χ1v) is 9.98. The van der Waals surface area contributed by atoms with Crippen molar-refractivity contribution in [2.75, 3.05) is 18.5 Å². The van der Waals surface area contributed by atoms with Gasteiger partial charge in [0.15, 0.2) is 0 Å². The summed E-state index contributed by atoms with van der Waals surface area (Å²) in [5.74, 6) is -0.259. The summed E-state index contributed by atoms with van der Waals surface area (Å²) in [5.41, 5.74) is 1.94. The summed E-state index contributed by atoms with van der Waals surface area (Å²) in [6.07, 6.45) is -0.690. The Hall–Kier alpha value is -3.09. The largest absolute Gasteiger partial charge is 0.494 e. The van der Waals surface area contributed by atoms with Crippen LogP contribution in [0, 0.1) is 5.82 Å². The van der Waals surface area contributed by atoms with Crippen LogP contribution >= 0.6 is 0 Å². The zero-order valence-corrected chi connectivity index (χ0v) is 17.7. The normalized spacial score (nSPS) is 16.0. The van der Waals surface area contributed by atoms with Crippen molar-refractivity contribution in [1.29, 1.82) is 0 Å². The Balaban J connectivity index is 1.91. The van der Waals surface area contributed by atoms with E-state index in [1.54, 1.807) is 24.3 Å². The molecule has 2 N–H and O–H groups in total. The number of hydrogen-bond donors (Lipinski definition) is 2. The van der Waals surface area contributed by atoms with E-state index < -0.39 is 23.9 Å². The summed E-state index contributed by atoms with van der Waals surface area (Å²) >= 11 is 0. The fourth-order valence-electron chi connectivity index (χ4n) is 3.76. The number of amides is 2. The minimum atomic E-state index is -1.18. The van der Waals surface area contributed by atoms with Gasteiger partial charge in [-0.3, -0.25) is 9.69 Å². The Kier molecular flexibility index (Phi) is 6.01. The maximum Gasteiger partial charge on any atom is 0.408 e. The van der Waals surface area contributed by atoms with E-state index in [9.17, 15) is 19.1 Å². The van der Waals surface area contributed by atoms with Crippen LogP contribution in [-0.2, 0) is 16.6 Å². The first kappa shape index (κ1) is 21.6. The second-order valence-corrected chi connectivity index (χ2v) is 8.36. The van der Waals surface area contributed by atoms with Crippen molar-refractivity contribution >= 4 is 17.7 Å². The molecule has 1 atom stereocenters. The third-order valence-corrected chi connectivity index (χ3v) is 5.19. The molecular weight excluding hydrogens is 387 g/mol. The molecule has 1 aliphatic heterocycles. The molecule has 0 saturated heterocycles. The van der Waals surface area contributed by atoms with E-state index in [2.05, 4.69) is 5.32 Å². The first-order valence-electron chi connectivity index (χ1n) is 9.98. The van der Waals surface area contributed by atoms with Gasteiger partial charge in [0.1, 0.15) is 17.6 Å². The second-order valence-electron chi connectivity index (χ2n) is 8.36. The molecule has 0 spiro atoms. The van der Waals surface area contributed by atoms with Gasteiger partial charge in [-0.15, -0.1) is 0 Å². The summed E-state index contributed by atoms with van der Waals surface area (Å²) in [5, 5.41) is 12.3. The molecule has 0 aromatic heterocycles. The van der Waals surface area contributed by atoms with E-state index in [1.165, 1.54) is 6.07 Å². The summed E-state index contributed by atoms with van der Waals surface area (Å²) in [6.45, 7) is 8.30. The molecule has 160 valence electrons. The SMILES string of the molecule is CCOc1ccc2c(c1)CCN(C(=O)O)C2C(=O)Nc1ccc(C(C)(C)C)c(F)c1. The topological polar surface area (TPSA) is 78.9 Å². The highest BCUT2D eigenvalue weighted by Crippen LogP contribution is 2.34. The number of carbonyl (C=O) groups excluding carboxylic acids is 1. The number of fused-ring (bicyclic) bond motifs is 1. The van der Waals surface area contributed by atoms with Crippen LogP contribution in [0.5, 0.6) is 5.75 Å². The number of anilines is 1. The van der Waals surface area contributed by atoms with Crippen molar-refractivity contribution < 1.29 is 23.8 Å². The molecular formula is C23H27FN2O4. The number of halogens is 1. The molecule has 1 heterocycles. The van der Waals surface area contributed by atoms with Gasteiger partial charge >= 0.3 is 6.09 Å². The Morgan fingerprint density at radius 1 is 1.23 bits per heavy atom. The maximum absolute atomic E-state index is 14.5. The Bertz CT molecular complexity index is 968. The van der Waals surface area contributed by atoms with Crippen molar-refractivity contribution in [2.45, 2.75) is 45.6 Å². The van der Waals surface area contributed by atoms with Gasteiger partial charge in [-0.1, -0.05) is 32.9 Å². The highest BCUT2D eigenvalue weighted by atomic mass is 19.1. The lowest BCUT2D eigenvalue weighted by Gasteiger charge is -2.34. The van der Waals surface area contributed by atoms with Crippen LogP contribution < -0.4 is 10.1 Å². The molecule has 1 unspecified atom stereocenters. The number of benzene rings is 2. The van der Waals surface area contributed by atoms with Gasteiger partial charge in [0.25, 0.3) is 5.91 Å². The molecule has 30 heavy (non-hydrogen) atoms. The van der Waals surface area contributed by atoms with Crippen LogP contribution in [0.1, 0.15) is 50.4 Å². The molecule has 2 amide bonds. The summed E-state index contributed by atoms with van der Waals surface area (Å²) in [6, 6.07) is 8.82. The minimum Gasteiger partial charge on any atom is -0.494 e. The van der Waals surface area contributed by atoms with Gasteiger partial charge in [0.2, 0.25) is 0 Å². The highest BCUT2D eigenvalue weighted by Gasteiger charge is 2.36. The van der Waals surface area contributed by atoms with E-state index in [1.807, 2.05) is 33.8 Å². The zero-order chi connectivity index (χ0) is 22.1. The number of nitrogens with zero attached hydrogens (tertiary/aromatic N) is 1. The first-order chi connectivity index (χ1) is 14.1. The molecule has 2 aromatic carbocycles. The highest BCUT2D eigenvalue weighted by molar-refractivity contribution is 5.97. The van der Waals surface area contributed by atoms with Crippen LogP contribution in [0.25, 0.3) is 0 Å². The smallest absolute Gasteiger partial charge is 0.408 e. The number of carboxylic acid groups (broad SMARTS) is 1. The van der Waals surface area contributed by atoms with Gasteiger partial charge in [-0.2, -0.15) is 0 Å². The van der Waals surface area contributed by atoms with Crippen molar-refractivity contribution in [3.63, 3.8) is 0 Å². The molecule has 0 saturated carbocycles. The predicted molar refractivity (Wildman–Crippen MR) is 113 cm³/mol. The number of nitrogens with one attached hydrogen (secondary N) is 1. The Morgan fingerprint density at radius 2 is 1.97 bits per heavy atom. The van der Waals surface area contributed by atoms with Crippen molar-refractivity contribution in [3.8, 4) is 5.75 Å². The van der Waals surface area contributed by atoms with Crippen LogP contribution in [-0.4, -0.2) is 35.2 Å². The lowest BCUT2D eigenvalue weighted by molar-refractivity contribution is -0.121. The molecule has 3 rings (SSSR count). The third-order valence-electron chi connectivity index (χ3n) is 5.19. The van der Waals surface area contributed by atoms with Gasteiger partial charge in [-0.25, -0.2) is 9.18 Å². The van der Waals surface area contributed by atoms with Crippen molar-refractivity contribution in [2.24, 2.45) is 0 Å². The fraction of sp³-hybridized carbons (Fsp3) is 0.391. The Morgan fingerprint density at radius 3 is 2.57 bits per heavy atom. The van der Waals surface area contributed by atoms with Crippen LogP contribution in [0.15, 0.2) is 36.4 Å². The zero-order valence-electron chi connectivity index (χ0n) is 17.7. The van der Waals surface area contributed by atoms with E-state index in [0.717, 1.165) is 10.5 Å². The lowest BCUT2D eigenvalue weighted by Crippen LogP contribution is -2.44. The quantitative estimate of drug-likeness (QED) is 0.758. The van der Waals surface area contributed by atoms with Gasteiger partial charge < -0.3 is 15.2 Å². The molecule has 0 bridgehead atoms. The third kappa shape index (κ3) is 4.40. The lowest BCUT2D eigenvalue weighted by atomic mass is 9.86. The molecule has 1 aliphatic rings. The predicted octanol–water partition coefficient (Wildman–Crippen LogP) is 4.74.